The fraction of sp³-hybridized carbons (Fsp3) is 0. The molecule has 0 heterocycles. The first-order valence-corrected chi connectivity index (χ1v) is 8.73. The highest BCUT2D eigenvalue weighted by Crippen LogP contribution is 2.41. The second-order valence-electron chi connectivity index (χ2n) is 6.49. The average Bonchev–Trinajstić information content (AvgIpc) is 2.71. The highest BCUT2D eigenvalue weighted by Gasteiger charge is 2.36. The molecular weight excluding hydrogens is 430 g/mol. The van der Waals surface area contributed by atoms with E-state index in [0.29, 0.717) is 0 Å². The van der Waals surface area contributed by atoms with Crippen molar-refractivity contribution in [3.63, 3.8) is 0 Å². The van der Waals surface area contributed by atoms with E-state index in [1.807, 2.05) is 0 Å². The predicted octanol–water partition coefficient (Wildman–Crippen LogP) is 4.09. The zero-order valence-corrected chi connectivity index (χ0v) is 15.8. The zero-order valence-electron chi connectivity index (χ0n) is 15.8. The van der Waals surface area contributed by atoms with Gasteiger partial charge in [0.05, 0.1) is 22.3 Å². The summed E-state index contributed by atoms with van der Waals surface area (Å²) in [6, 6.07) is 7.88. The van der Waals surface area contributed by atoms with Gasteiger partial charge in [0, 0.05) is 11.1 Å². The first-order chi connectivity index (χ1) is 15.0. The molecule has 0 spiro atoms. The van der Waals surface area contributed by atoms with Gasteiger partial charge in [0.2, 0.25) is 0 Å². The monoisotopic (exact) mass is 442 g/mol. The van der Waals surface area contributed by atoms with Crippen LogP contribution in [0.3, 0.4) is 0 Å². The van der Waals surface area contributed by atoms with Crippen LogP contribution < -0.4 is 0 Å². The molecule has 0 aliphatic carbocycles. The summed E-state index contributed by atoms with van der Waals surface area (Å²) >= 11 is 0. The van der Waals surface area contributed by atoms with Crippen molar-refractivity contribution >= 4 is 23.9 Å². The molecule has 3 aromatic carbocycles. The Morgan fingerprint density at radius 1 is 0.531 bits per heavy atom. The zero-order chi connectivity index (χ0) is 23.7. The van der Waals surface area contributed by atoms with E-state index in [2.05, 4.69) is 0 Å². The van der Waals surface area contributed by atoms with E-state index in [1.54, 1.807) is 0 Å². The number of halogens is 2. The Bertz CT molecular complexity index is 1160. The van der Waals surface area contributed by atoms with E-state index in [4.69, 9.17) is 0 Å². The van der Waals surface area contributed by atoms with Crippen molar-refractivity contribution in [1.29, 1.82) is 0 Å². The molecule has 3 rings (SSSR count). The third-order valence-corrected chi connectivity index (χ3v) is 4.58. The van der Waals surface area contributed by atoms with Crippen molar-refractivity contribution in [3.05, 3.63) is 82.4 Å². The highest BCUT2D eigenvalue weighted by atomic mass is 19.1. The van der Waals surface area contributed by atoms with Crippen LogP contribution in [0.5, 0.6) is 0 Å². The van der Waals surface area contributed by atoms with E-state index in [-0.39, 0.29) is 11.1 Å². The van der Waals surface area contributed by atoms with Gasteiger partial charge in [-0.1, -0.05) is 24.3 Å². The van der Waals surface area contributed by atoms with Crippen LogP contribution >= 0.6 is 0 Å². The number of carboxylic acids is 4. The molecule has 0 atom stereocenters. The maximum atomic E-state index is 13.9. The molecule has 0 saturated heterocycles. The van der Waals surface area contributed by atoms with E-state index in [0.717, 1.165) is 48.5 Å². The summed E-state index contributed by atoms with van der Waals surface area (Å²) in [5, 5.41) is 39.3. The summed E-state index contributed by atoms with van der Waals surface area (Å²) in [7, 11) is 0. The van der Waals surface area contributed by atoms with Gasteiger partial charge in [0.15, 0.2) is 0 Å². The fourth-order valence-corrected chi connectivity index (χ4v) is 3.47. The summed E-state index contributed by atoms with van der Waals surface area (Å²) in [6.07, 6.45) is 0. The first-order valence-electron chi connectivity index (χ1n) is 8.73. The molecule has 0 aliphatic rings. The van der Waals surface area contributed by atoms with Crippen LogP contribution in [0.2, 0.25) is 0 Å². The Morgan fingerprint density at radius 3 is 1.03 bits per heavy atom. The maximum absolute atomic E-state index is 13.9. The minimum absolute atomic E-state index is 0.365. The number of carboxylic acid groups (broad SMARTS) is 4. The molecule has 10 heteroatoms. The van der Waals surface area contributed by atoms with Crippen molar-refractivity contribution in [2.75, 3.05) is 0 Å². The number of carbonyl (C=O) groups is 4. The van der Waals surface area contributed by atoms with Crippen LogP contribution in [0.15, 0.2) is 48.5 Å². The SMILES string of the molecule is O=C(O)c1c(C(=O)O)c(-c2cccc(F)c2)c(C(=O)O)c(C(=O)O)c1-c1cccc(F)c1. The minimum Gasteiger partial charge on any atom is -0.478 e. The number of hydrogen-bond donors (Lipinski definition) is 4. The second-order valence-corrected chi connectivity index (χ2v) is 6.49. The molecule has 0 bridgehead atoms. The van der Waals surface area contributed by atoms with Gasteiger partial charge < -0.3 is 20.4 Å². The summed E-state index contributed by atoms with van der Waals surface area (Å²) < 4.78 is 27.7. The molecular formula is C22H12F2O8. The first kappa shape index (κ1) is 22.1. The molecule has 4 N–H and O–H groups in total. The van der Waals surface area contributed by atoms with E-state index in [1.165, 1.54) is 0 Å². The molecule has 0 aromatic heterocycles. The lowest BCUT2D eigenvalue weighted by atomic mass is 9.81. The smallest absolute Gasteiger partial charge is 0.337 e. The Hall–Kier alpha value is -4.60. The highest BCUT2D eigenvalue weighted by molar-refractivity contribution is 6.21. The van der Waals surface area contributed by atoms with Crippen LogP contribution in [0.1, 0.15) is 41.4 Å². The normalized spacial score (nSPS) is 10.6. The van der Waals surface area contributed by atoms with E-state index in [9.17, 15) is 48.4 Å². The largest absolute Gasteiger partial charge is 0.478 e. The molecule has 8 nitrogen and oxygen atoms in total. The summed E-state index contributed by atoms with van der Waals surface area (Å²) in [5.74, 6) is -9.42. The molecule has 3 aromatic rings. The minimum atomic E-state index is -1.90. The Labute approximate surface area is 177 Å². The average molecular weight is 442 g/mol. The lowest BCUT2D eigenvalue weighted by molar-refractivity contribution is 0.0639. The molecule has 0 fully saturated rings. The topological polar surface area (TPSA) is 149 Å². The van der Waals surface area contributed by atoms with Crippen LogP contribution in [0.25, 0.3) is 22.3 Å². The number of benzene rings is 3. The summed E-state index contributed by atoms with van der Waals surface area (Å²) in [5.41, 5.74) is -6.66. The lowest BCUT2D eigenvalue weighted by Gasteiger charge is -2.20. The van der Waals surface area contributed by atoms with Gasteiger partial charge in [0.25, 0.3) is 0 Å². The predicted molar refractivity (Wildman–Crippen MR) is 105 cm³/mol. The van der Waals surface area contributed by atoms with Crippen molar-refractivity contribution in [3.8, 4) is 22.3 Å². The van der Waals surface area contributed by atoms with Crippen LogP contribution in [0.4, 0.5) is 8.78 Å². The third-order valence-electron chi connectivity index (χ3n) is 4.58. The molecule has 0 amide bonds. The standard InChI is InChI=1S/C22H12F2O8/c23-11-5-1-3-9(7-11)13-15(19(25)26)17(21(29)30)14(10-4-2-6-12(24)8-10)18(22(31)32)16(13)20(27)28/h1-8H,(H,25,26)(H,27,28)(H,29,30)(H,31,32). The van der Waals surface area contributed by atoms with E-state index < -0.39 is 68.9 Å². The Balaban J connectivity index is 2.73. The third kappa shape index (κ3) is 3.76. The van der Waals surface area contributed by atoms with Crippen molar-refractivity contribution in [1.82, 2.24) is 0 Å². The Kier molecular flexibility index (Phi) is 5.71. The molecule has 162 valence electrons. The quantitative estimate of drug-likeness (QED) is 0.446. The molecule has 0 aliphatic heterocycles. The maximum Gasteiger partial charge on any atom is 0.337 e. The lowest BCUT2D eigenvalue weighted by Crippen LogP contribution is -2.21. The molecule has 0 saturated carbocycles. The Morgan fingerprint density at radius 2 is 0.812 bits per heavy atom. The number of hydrogen-bond acceptors (Lipinski definition) is 4. The van der Waals surface area contributed by atoms with Gasteiger partial charge in [-0.15, -0.1) is 0 Å². The van der Waals surface area contributed by atoms with Crippen LogP contribution in [0, 0.1) is 11.6 Å². The van der Waals surface area contributed by atoms with E-state index >= 15 is 0 Å². The number of aromatic carboxylic acids is 4. The van der Waals surface area contributed by atoms with Gasteiger partial charge in [-0.25, -0.2) is 28.0 Å². The van der Waals surface area contributed by atoms with Gasteiger partial charge in [-0.3, -0.25) is 0 Å². The summed E-state index contributed by atoms with van der Waals surface area (Å²) in [6.45, 7) is 0. The van der Waals surface area contributed by atoms with Crippen LogP contribution in [-0.2, 0) is 0 Å². The fourth-order valence-electron chi connectivity index (χ4n) is 3.47. The van der Waals surface area contributed by atoms with Crippen molar-refractivity contribution in [2.24, 2.45) is 0 Å². The number of rotatable bonds is 6. The summed E-state index contributed by atoms with van der Waals surface area (Å²) in [4.78, 5) is 48.6. The molecule has 0 radical (unpaired) electrons. The van der Waals surface area contributed by atoms with Gasteiger partial charge in [0.1, 0.15) is 11.6 Å². The van der Waals surface area contributed by atoms with Crippen LogP contribution in [-0.4, -0.2) is 44.3 Å². The van der Waals surface area contributed by atoms with Gasteiger partial charge >= 0.3 is 23.9 Å². The molecule has 32 heavy (non-hydrogen) atoms. The van der Waals surface area contributed by atoms with Gasteiger partial charge in [-0.05, 0) is 35.4 Å². The van der Waals surface area contributed by atoms with Gasteiger partial charge in [-0.2, -0.15) is 0 Å². The van der Waals surface area contributed by atoms with Crippen molar-refractivity contribution < 1.29 is 48.4 Å². The molecule has 0 unspecified atom stereocenters. The van der Waals surface area contributed by atoms with Crippen molar-refractivity contribution in [2.45, 2.75) is 0 Å². The second kappa shape index (κ2) is 8.26.